The molecule has 4 heterocycles. The number of hydrogen-bond acceptors (Lipinski definition) is 5. The third-order valence-corrected chi connectivity index (χ3v) is 6.80. The zero-order chi connectivity index (χ0) is 20.8. The third kappa shape index (κ3) is 3.23. The van der Waals surface area contributed by atoms with Crippen LogP contribution in [0, 0.1) is 6.92 Å². The van der Waals surface area contributed by atoms with E-state index in [1.165, 1.54) is 10.9 Å². The Morgan fingerprint density at radius 1 is 1.17 bits per heavy atom. The third-order valence-electron chi connectivity index (χ3n) is 6.80. The average Bonchev–Trinajstić information content (AvgIpc) is 3.36. The smallest absolute Gasteiger partial charge is 0.273 e. The molecule has 2 fully saturated rings. The summed E-state index contributed by atoms with van der Waals surface area (Å²) in [4.78, 5) is 30.2. The standard InChI is InChI=1S/C20H29N7O2/c1-14-6-7-15(25(14)3)18(28)22-17-8-11-24(2)20(17)9-5-10-27(13-20)19(29)16-12-21-23-26(16)4/h6-7,12,17H,5,8-11,13H2,1-4H3,(H,22,28). The first-order valence-electron chi connectivity index (χ1n) is 10.1. The van der Waals surface area contributed by atoms with Gasteiger partial charge in [-0.1, -0.05) is 5.21 Å². The maximum absolute atomic E-state index is 13.0. The van der Waals surface area contributed by atoms with E-state index in [1.54, 1.807) is 7.05 Å². The van der Waals surface area contributed by atoms with Gasteiger partial charge in [0.2, 0.25) is 0 Å². The molecule has 9 heteroatoms. The first kappa shape index (κ1) is 19.6. The van der Waals surface area contributed by atoms with Gasteiger partial charge in [-0.3, -0.25) is 14.5 Å². The first-order chi connectivity index (χ1) is 13.8. The van der Waals surface area contributed by atoms with Gasteiger partial charge in [-0.2, -0.15) is 0 Å². The second-order valence-corrected chi connectivity index (χ2v) is 8.33. The lowest BCUT2D eigenvalue weighted by Crippen LogP contribution is -2.64. The lowest BCUT2D eigenvalue weighted by Gasteiger charge is -2.47. The highest BCUT2D eigenvalue weighted by atomic mass is 16.2. The summed E-state index contributed by atoms with van der Waals surface area (Å²) in [5.74, 6) is -0.112. The second-order valence-electron chi connectivity index (χ2n) is 8.33. The van der Waals surface area contributed by atoms with Crippen LogP contribution in [0.3, 0.4) is 0 Å². The Hall–Kier alpha value is -2.68. The van der Waals surface area contributed by atoms with Crippen molar-refractivity contribution in [3.63, 3.8) is 0 Å². The van der Waals surface area contributed by atoms with Gasteiger partial charge in [0, 0.05) is 39.4 Å². The Morgan fingerprint density at radius 2 is 1.97 bits per heavy atom. The van der Waals surface area contributed by atoms with Gasteiger partial charge in [0.25, 0.3) is 11.8 Å². The van der Waals surface area contributed by atoms with Crippen LogP contribution in [0.25, 0.3) is 0 Å². The molecule has 0 aliphatic carbocycles. The Balaban J connectivity index is 1.55. The highest BCUT2D eigenvalue weighted by molar-refractivity contribution is 5.93. The van der Waals surface area contributed by atoms with E-state index in [1.807, 2.05) is 35.6 Å². The van der Waals surface area contributed by atoms with Gasteiger partial charge in [0.05, 0.1) is 17.8 Å². The molecule has 2 amide bonds. The predicted molar refractivity (Wildman–Crippen MR) is 108 cm³/mol. The largest absolute Gasteiger partial charge is 0.346 e. The van der Waals surface area contributed by atoms with Crippen LogP contribution in [0.2, 0.25) is 0 Å². The maximum atomic E-state index is 13.0. The fourth-order valence-electron chi connectivity index (χ4n) is 4.84. The van der Waals surface area contributed by atoms with Crippen molar-refractivity contribution in [2.24, 2.45) is 14.1 Å². The van der Waals surface area contributed by atoms with E-state index in [-0.39, 0.29) is 23.4 Å². The SMILES string of the molecule is Cc1ccc(C(=O)NC2CCN(C)C23CCCN(C(=O)c2cnnn2C)C3)n1C. The van der Waals surface area contributed by atoms with Crippen molar-refractivity contribution in [1.29, 1.82) is 0 Å². The summed E-state index contributed by atoms with van der Waals surface area (Å²) in [6, 6.07) is 3.81. The number of likely N-dealkylation sites (tertiary alicyclic amines) is 2. The average molecular weight is 399 g/mol. The van der Waals surface area contributed by atoms with Gasteiger partial charge < -0.3 is 14.8 Å². The Bertz CT molecular complexity index is 933. The molecule has 156 valence electrons. The van der Waals surface area contributed by atoms with Crippen molar-refractivity contribution >= 4 is 11.8 Å². The molecule has 2 unspecified atom stereocenters. The Kier molecular flexibility index (Phi) is 4.94. The van der Waals surface area contributed by atoms with Gasteiger partial charge in [0.1, 0.15) is 11.4 Å². The number of nitrogens with one attached hydrogen (secondary N) is 1. The summed E-state index contributed by atoms with van der Waals surface area (Å²) in [7, 11) is 5.73. The number of nitrogens with zero attached hydrogens (tertiary/aromatic N) is 6. The molecule has 0 bridgehead atoms. The minimum absolute atomic E-state index is 0.00420. The number of amides is 2. The molecule has 29 heavy (non-hydrogen) atoms. The molecule has 1 N–H and O–H groups in total. The molecule has 0 saturated carbocycles. The fraction of sp³-hybridized carbons (Fsp3) is 0.600. The van der Waals surface area contributed by atoms with Crippen molar-refractivity contribution < 1.29 is 9.59 Å². The number of aryl methyl sites for hydroxylation is 2. The van der Waals surface area contributed by atoms with E-state index in [9.17, 15) is 9.59 Å². The van der Waals surface area contributed by atoms with Crippen molar-refractivity contribution in [1.82, 2.24) is 34.7 Å². The maximum Gasteiger partial charge on any atom is 0.273 e. The van der Waals surface area contributed by atoms with Gasteiger partial charge >= 0.3 is 0 Å². The topological polar surface area (TPSA) is 88.3 Å². The minimum atomic E-state index is -0.254. The number of carbonyl (C=O) groups excluding carboxylic acids is 2. The number of likely N-dealkylation sites (N-methyl/N-ethyl adjacent to an activating group) is 1. The predicted octanol–water partition coefficient (Wildman–Crippen LogP) is 0.571. The number of rotatable bonds is 3. The van der Waals surface area contributed by atoms with Crippen LogP contribution in [-0.4, -0.2) is 79.4 Å². The molecule has 0 radical (unpaired) electrons. The van der Waals surface area contributed by atoms with E-state index < -0.39 is 0 Å². The lowest BCUT2D eigenvalue weighted by atomic mass is 9.82. The molecular formula is C20H29N7O2. The number of piperidine rings is 1. The lowest BCUT2D eigenvalue weighted by molar-refractivity contribution is 0.0308. The molecule has 2 saturated heterocycles. The van der Waals surface area contributed by atoms with E-state index in [4.69, 9.17) is 0 Å². The van der Waals surface area contributed by atoms with Crippen LogP contribution >= 0.6 is 0 Å². The van der Waals surface area contributed by atoms with E-state index in [2.05, 4.69) is 27.6 Å². The molecule has 4 rings (SSSR count). The van der Waals surface area contributed by atoms with Gasteiger partial charge in [-0.25, -0.2) is 4.68 Å². The summed E-state index contributed by atoms with van der Waals surface area (Å²) >= 11 is 0. The molecule has 2 aromatic rings. The molecule has 1 spiro atoms. The monoisotopic (exact) mass is 399 g/mol. The summed E-state index contributed by atoms with van der Waals surface area (Å²) in [6.07, 6.45) is 4.24. The first-order valence-corrected chi connectivity index (χ1v) is 10.1. The van der Waals surface area contributed by atoms with Crippen LogP contribution in [-0.2, 0) is 14.1 Å². The highest BCUT2D eigenvalue weighted by Crippen LogP contribution is 2.37. The zero-order valence-electron chi connectivity index (χ0n) is 17.6. The van der Waals surface area contributed by atoms with E-state index >= 15 is 0 Å². The van der Waals surface area contributed by atoms with Crippen molar-refractivity contribution in [3.8, 4) is 0 Å². The fourth-order valence-corrected chi connectivity index (χ4v) is 4.84. The van der Waals surface area contributed by atoms with Crippen LogP contribution in [0.1, 0.15) is 45.9 Å². The van der Waals surface area contributed by atoms with Gasteiger partial charge in [0.15, 0.2) is 0 Å². The highest BCUT2D eigenvalue weighted by Gasteiger charge is 2.50. The molecule has 2 atom stereocenters. The van der Waals surface area contributed by atoms with Gasteiger partial charge in [-0.05, 0) is 45.4 Å². The van der Waals surface area contributed by atoms with Crippen LogP contribution < -0.4 is 5.32 Å². The van der Waals surface area contributed by atoms with Crippen molar-refractivity contribution in [2.75, 3.05) is 26.7 Å². The number of aromatic nitrogens is 4. The number of hydrogen-bond donors (Lipinski definition) is 1. The normalized spacial score (nSPS) is 25.0. The quantitative estimate of drug-likeness (QED) is 0.815. The summed E-state index contributed by atoms with van der Waals surface area (Å²) in [6.45, 7) is 4.17. The zero-order valence-corrected chi connectivity index (χ0v) is 17.6. The van der Waals surface area contributed by atoms with Crippen LogP contribution in [0.15, 0.2) is 18.3 Å². The molecule has 9 nitrogen and oxygen atoms in total. The molecular weight excluding hydrogens is 370 g/mol. The Morgan fingerprint density at radius 3 is 2.62 bits per heavy atom. The second kappa shape index (κ2) is 7.29. The molecule has 0 aromatic carbocycles. The van der Waals surface area contributed by atoms with Gasteiger partial charge in [-0.15, -0.1) is 5.10 Å². The Labute approximate surface area is 170 Å². The molecule has 2 aliphatic rings. The minimum Gasteiger partial charge on any atom is -0.346 e. The van der Waals surface area contributed by atoms with E-state index in [0.717, 1.165) is 31.5 Å². The van der Waals surface area contributed by atoms with Crippen molar-refractivity contribution in [2.45, 2.75) is 37.8 Å². The van der Waals surface area contributed by atoms with Crippen LogP contribution in [0.4, 0.5) is 0 Å². The van der Waals surface area contributed by atoms with Crippen LogP contribution in [0.5, 0.6) is 0 Å². The van der Waals surface area contributed by atoms with Crippen molar-refractivity contribution in [3.05, 3.63) is 35.4 Å². The summed E-state index contributed by atoms with van der Waals surface area (Å²) in [5, 5.41) is 11.0. The van der Waals surface area contributed by atoms with E-state index in [0.29, 0.717) is 24.5 Å². The summed E-state index contributed by atoms with van der Waals surface area (Å²) in [5.41, 5.74) is 1.95. The number of carbonyl (C=O) groups is 2. The molecule has 2 aromatic heterocycles. The summed E-state index contributed by atoms with van der Waals surface area (Å²) < 4.78 is 3.42. The molecule has 2 aliphatic heterocycles.